The Bertz CT molecular complexity index is 830. The van der Waals surface area contributed by atoms with Gasteiger partial charge in [-0.3, -0.25) is 0 Å². The molecule has 0 N–H and O–H groups in total. The minimum absolute atomic E-state index is 0.171. The summed E-state index contributed by atoms with van der Waals surface area (Å²) in [5.41, 5.74) is 4.13. The summed E-state index contributed by atoms with van der Waals surface area (Å²) in [6, 6.07) is 11.8. The van der Waals surface area contributed by atoms with Gasteiger partial charge in [0.1, 0.15) is 11.5 Å². The number of hydrogen-bond donors (Lipinski definition) is 0. The zero-order valence-electron chi connectivity index (χ0n) is 15.4. The van der Waals surface area contributed by atoms with Crippen molar-refractivity contribution in [3.8, 4) is 24.0 Å². The molecule has 0 aromatic heterocycles. The molecule has 136 valence electrons. The quantitative estimate of drug-likeness (QED) is 0.444. The van der Waals surface area contributed by atoms with E-state index >= 15 is 0 Å². The summed E-state index contributed by atoms with van der Waals surface area (Å²) in [6.45, 7) is 9.69. The van der Waals surface area contributed by atoms with Crippen LogP contribution in [0.25, 0.3) is 0 Å². The fourth-order valence-electron chi connectivity index (χ4n) is 3.22. The molecule has 27 heavy (non-hydrogen) atoms. The van der Waals surface area contributed by atoms with E-state index in [1.807, 2.05) is 24.3 Å². The lowest BCUT2D eigenvalue weighted by molar-refractivity contribution is 0.500. The number of nitrogens with zero attached hydrogens (tertiary/aromatic N) is 2. The van der Waals surface area contributed by atoms with Crippen molar-refractivity contribution >= 4 is 0 Å². The van der Waals surface area contributed by atoms with Gasteiger partial charge >= 0.3 is 0 Å². The molecule has 0 unspecified atom stereocenters. The first kappa shape index (κ1) is 19.8. The summed E-state index contributed by atoms with van der Waals surface area (Å²) in [4.78, 5) is 0. The molecule has 4 nitrogen and oxygen atoms in total. The maximum atomic E-state index is 8.82. The van der Waals surface area contributed by atoms with E-state index in [-0.39, 0.29) is 5.92 Å². The lowest BCUT2D eigenvalue weighted by atomic mass is 9.86. The number of nitriles is 2. The molecule has 0 spiro atoms. The van der Waals surface area contributed by atoms with E-state index in [1.165, 1.54) is 0 Å². The third kappa shape index (κ3) is 4.77. The molecule has 2 aromatic rings. The van der Waals surface area contributed by atoms with Crippen LogP contribution in [-0.2, 0) is 12.8 Å². The summed E-state index contributed by atoms with van der Waals surface area (Å²) in [5.74, 6) is 1.28. The Morgan fingerprint density at radius 2 is 1.33 bits per heavy atom. The van der Waals surface area contributed by atoms with E-state index in [0.29, 0.717) is 24.3 Å². The van der Waals surface area contributed by atoms with Crippen LogP contribution in [0.2, 0.25) is 0 Å². The molecule has 0 heterocycles. The van der Waals surface area contributed by atoms with E-state index in [1.54, 1.807) is 24.7 Å². The molecule has 2 aromatic carbocycles. The van der Waals surface area contributed by atoms with Crippen molar-refractivity contribution in [1.29, 1.82) is 10.5 Å². The Morgan fingerprint density at radius 3 is 1.67 bits per heavy atom. The van der Waals surface area contributed by atoms with Gasteiger partial charge in [0, 0.05) is 5.92 Å². The van der Waals surface area contributed by atoms with Crippen LogP contribution < -0.4 is 9.47 Å². The van der Waals surface area contributed by atoms with Crippen LogP contribution >= 0.6 is 0 Å². The topological polar surface area (TPSA) is 66.0 Å². The Morgan fingerprint density at radius 1 is 0.889 bits per heavy atom. The van der Waals surface area contributed by atoms with Gasteiger partial charge in [0.2, 0.25) is 0 Å². The maximum Gasteiger partial charge on any atom is 0.292 e. The minimum Gasteiger partial charge on any atom is -0.388 e. The van der Waals surface area contributed by atoms with E-state index in [4.69, 9.17) is 20.0 Å². The molecule has 0 fully saturated rings. The largest absolute Gasteiger partial charge is 0.388 e. The highest BCUT2D eigenvalue weighted by molar-refractivity contribution is 5.46. The number of rotatable bonds is 9. The third-order valence-corrected chi connectivity index (χ3v) is 4.42. The van der Waals surface area contributed by atoms with Gasteiger partial charge in [-0.1, -0.05) is 43.3 Å². The Hall–Kier alpha value is -3.50. The predicted molar refractivity (Wildman–Crippen MR) is 105 cm³/mol. The highest BCUT2D eigenvalue weighted by atomic mass is 16.5. The van der Waals surface area contributed by atoms with Crippen molar-refractivity contribution in [2.45, 2.75) is 32.1 Å². The lowest BCUT2D eigenvalue weighted by Crippen LogP contribution is -2.03. The van der Waals surface area contributed by atoms with E-state index in [0.717, 1.165) is 28.7 Å². The molecule has 0 aliphatic rings. The Kier molecular flexibility index (Phi) is 7.23. The number of allylic oxidation sites excluding steroid dienone is 2. The van der Waals surface area contributed by atoms with Crippen molar-refractivity contribution < 1.29 is 9.47 Å². The van der Waals surface area contributed by atoms with E-state index in [2.05, 4.69) is 32.2 Å². The average molecular weight is 358 g/mol. The highest BCUT2D eigenvalue weighted by Gasteiger charge is 2.16. The summed E-state index contributed by atoms with van der Waals surface area (Å²) in [7, 11) is 0. The van der Waals surface area contributed by atoms with Gasteiger partial charge in [-0.25, -0.2) is 0 Å². The smallest absolute Gasteiger partial charge is 0.292 e. The van der Waals surface area contributed by atoms with Crippen LogP contribution in [0.15, 0.2) is 61.7 Å². The van der Waals surface area contributed by atoms with Crippen molar-refractivity contribution in [3.63, 3.8) is 0 Å². The van der Waals surface area contributed by atoms with Gasteiger partial charge in [0.25, 0.3) is 12.5 Å². The second-order valence-electron chi connectivity index (χ2n) is 6.07. The van der Waals surface area contributed by atoms with Crippen LogP contribution in [-0.4, -0.2) is 0 Å². The molecule has 0 amide bonds. The number of ether oxygens (including phenoxy) is 2. The standard InChI is InChI=1S/C23H22N2O2/c1-4-7-19-13-17(9-11-22(19)26-15-24)21(6-3)18-10-12-23(27-16-25)20(14-18)8-5-2/h4-5,9-14,21H,1-2,6-8H2,3H3. The van der Waals surface area contributed by atoms with E-state index < -0.39 is 0 Å². The molecule has 0 saturated carbocycles. The van der Waals surface area contributed by atoms with Crippen LogP contribution in [0, 0.1) is 23.0 Å². The summed E-state index contributed by atoms with van der Waals surface area (Å²) < 4.78 is 10.1. The van der Waals surface area contributed by atoms with E-state index in [9.17, 15) is 0 Å². The van der Waals surface area contributed by atoms with Crippen LogP contribution in [0.4, 0.5) is 0 Å². The zero-order valence-corrected chi connectivity index (χ0v) is 15.4. The van der Waals surface area contributed by atoms with Gasteiger partial charge in [-0.05, 0) is 53.6 Å². The average Bonchev–Trinajstić information content (AvgIpc) is 2.67. The Balaban J connectivity index is 2.47. The summed E-state index contributed by atoms with van der Waals surface area (Å²) >= 11 is 0. The van der Waals surface area contributed by atoms with Crippen LogP contribution in [0.3, 0.4) is 0 Å². The van der Waals surface area contributed by atoms with Gasteiger partial charge < -0.3 is 9.47 Å². The Labute approximate surface area is 160 Å². The van der Waals surface area contributed by atoms with Gasteiger partial charge in [0.05, 0.1) is 0 Å². The molecule has 0 atom stereocenters. The predicted octanol–water partition coefficient (Wildman–Crippen LogP) is 5.41. The molecular formula is C23H22N2O2. The van der Waals surface area contributed by atoms with Gasteiger partial charge in [0.15, 0.2) is 0 Å². The van der Waals surface area contributed by atoms with Crippen molar-refractivity contribution in [1.82, 2.24) is 0 Å². The fourth-order valence-corrected chi connectivity index (χ4v) is 3.22. The highest BCUT2D eigenvalue weighted by Crippen LogP contribution is 2.34. The first-order valence-electron chi connectivity index (χ1n) is 8.77. The molecule has 0 aliphatic heterocycles. The number of benzene rings is 2. The van der Waals surface area contributed by atoms with Gasteiger partial charge in [-0.2, -0.15) is 0 Å². The van der Waals surface area contributed by atoms with Gasteiger partial charge in [-0.15, -0.1) is 23.7 Å². The first-order chi connectivity index (χ1) is 13.2. The normalized spacial score (nSPS) is 9.93. The first-order valence-corrected chi connectivity index (χ1v) is 8.77. The van der Waals surface area contributed by atoms with Crippen molar-refractivity contribution in [2.75, 3.05) is 0 Å². The lowest BCUT2D eigenvalue weighted by Gasteiger charge is -2.19. The molecule has 0 radical (unpaired) electrons. The zero-order chi connectivity index (χ0) is 19.6. The number of hydrogen-bond acceptors (Lipinski definition) is 4. The van der Waals surface area contributed by atoms with Crippen molar-refractivity contribution in [2.24, 2.45) is 0 Å². The van der Waals surface area contributed by atoms with Crippen LogP contribution in [0.5, 0.6) is 11.5 Å². The molecule has 0 saturated heterocycles. The summed E-state index contributed by atoms with van der Waals surface area (Å²) in [6.07, 6.45) is 9.20. The SMILES string of the molecule is C=CCc1cc(C(CC)c2ccc(OC#N)c(CC=C)c2)ccc1OC#N. The monoisotopic (exact) mass is 358 g/mol. The van der Waals surface area contributed by atoms with Crippen LogP contribution in [0.1, 0.15) is 41.5 Å². The third-order valence-electron chi connectivity index (χ3n) is 4.42. The molecular weight excluding hydrogens is 336 g/mol. The minimum atomic E-state index is 0.171. The summed E-state index contributed by atoms with van der Waals surface area (Å²) in [5, 5.41) is 17.6. The maximum absolute atomic E-state index is 8.82. The molecule has 2 rings (SSSR count). The molecule has 4 heteroatoms. The molecule has 0 bridgehead atoms. The molecule has 0 aliphatic carbocycles. The van der Waals surface area contributed by atoms with Crippen molar-refractivity contribution in [3.05, 3.63) is 84.0 Å². The fraction of sp³-hybridized carbons (Fsp3) is 0.217. The second kappa shape index (κ2) is 9.85. The second-order valence-corrected chi connectivity index (χ2v) is 6.07.